The molecule has 4 rings (SSSR count). The summed E-state index contributed by atoms with van der Waals surface area (Å²) in [4.78, 5) is 17.1. The lowest BCUT2D eigenvalue weighted by atomic mass is 9.82. The van der Waals surface area contributed by atoms with E-state index in [0.29, 0.717) is 36.3 Å². The highest BCUT2D eigenvalue weighted by Gasteiger charge is 2.40. The maximum atomic E-state index is 14.2. The number of fused-ring (bicyclic) bond motifs is 1. The molecule has 1 heterocycles. The highest BCUT2D eigenvalue weighted by atomic mass is 28.3. The Hall–Kier alpha value is -2.05. The van der Waals surface area contributed by atoms with Crippen molar-refractivity contribution in [2.75, 3.05) is 6.61 Å². The summed E-state index contributed by atoms with van der Waals surface area (Å²) in [6.07, 6.45) is -3.87. The first-order valence-corrected chi connectivity index (χ1v) is 17.9. The first-order valence-electron chi connectivity index (χ1n) is 14.2. The lowest BCUT2D eigenvalue weighted by molar-refractivity contribution is -0.144. The number of aromatic nitrogens is 2. The minimum absolute atomic E-state index is 0.132. The van der Waals surface area contributed by atoms with Gasteiger partial charge in [-0.3, -0.25) is 4.79 Å². The van der Waals surface area contributed by atoms with Crippen molar-refractivity contribution in [3.8, 4) is 0 Å². The second kappa shape index (κ2) is 12.0. The van der Waals surface area contributed by atoms with Gasteiger partial charge in [-0.15, -0.1) is 0 Å². The molecule has 3 N–H and O–H groups in total. The summed E-state index contributed by atoms with van der Waals surface area (Å²) in [5.74, 6) is -3.19. The van der Waals surface area contributed by atoms with Gasteiger partial charge in [-0.25, -0.2) is 13.8 Å². The van der Waals surface area contributed by atoms with Gasteiger partial charge in [-0.2, -0.15) is 13.2 Å². The van der Waals surface area contributed by atoms with Crippen LogP contribution in [-0.4, -0.2) is 42.2 Å². The topological polar surface area (TPSA) is 82.2 Å². The molecule has 2 aliphatic rings. The van der Waals surface area contributed by atoms with Crippen LogP contribution in [0.25, 0.3) is 11.0 Å². The van der Waals surface area contributed by atoms with Gasteiger partial charge in [0.15, 0.2) is 0 Å². The maximum Gasteiger partial charge on any atom is 0.389 e. The molecule has 0 aliphatic heterocycles. The van der Waals surface area contributed by atoms with E-state index in [4.69, 9.17) is 15.5 Å². The number of rotatable bonds is 12. The van der Waals surface area contributed by atoms with Gasteiger partial charge in [0.25, 0.3) is 0 Å². The number of amides is 1. The Labute approximate surface area is 233 Å². The van der Waals surface area contributed by atoms with Crippen molar-refractivity contribution < 1.29 is 31.5 Å². The molecule has 6 nitrogen and oxygen atoms in total. The Morgan fingerprint density at radius 3 is 2.58 bits per heavy atom. The molecule has 3 atom stereocenters. The van der Waals surface area contributed by atoms with Crippen molar-refractivity contribution in [2.24, 2.45) is 17.6 Å². The van der Waals surface area contributed by atoms with E-state index >= 15 is 0 Å². The number of benzene rings is 1. The van der Waals surface area contributed by atoms with Crippen LogP contribution in [0.1, 0.15) is 74.8 Å². The normalized spacial score (nSPS) is 21.4. The Morgan fingerprint density at radius 1 is 1.23 bits per heavy atom. The number of nitrogens with two attached hydrogens (primary N) is 1. The highest BCUT2D eigenvalue weighted by molar-refractivity contribution is 6.76. The summed E-state index contributed by atoms with van der Waals surface area (Å²) in [6.45, 7) is 7.45. The summed E-state index contributed by atoms with van der Waals surface area (Å²) >= 11 is 0. The molecule has 0 spiro atoms. The van der Waals surface area contributed by atoms with Crippen LogP contribution in [0.2, 0.25) is 25.7 Å². The number of carbonyl (C=O) groups excluding carboxylic acids is 1. The van der Waals surface area contributed by atoms with Crippen LogP contribution in [0.5, 0.6) is 0 Å². The fourth-order valence-electron chi connectivity index (χ4n) is 5.41. The Bertz CT molecular complexity index is 1180. The predicted octanol–water partition coefficient (Wildman–Crippen LogP) is 7.08. The molecule has 2 aliphatic carbocycles. The number of halogens is 5. The summed E-state index contributed by atoms with van der Waals surface area (Å²) in [5.41, 5.74) is 8.70. The number of imidazole rings is 1. The maximum absolute atomic E-state index is 14.2. The number of nitrogens with zero attached hydrogens (tertiary/aromatic N) is 2. The monoisotopic (exact) mass is 588 g/mol. The van der Waals surface area contributed by atoms with Crippen molar-refractivity contribution in [3.63, 3.8) is 0 Å². The molecule has 2 fully saturated rings. The van der Waals surface area contributed by atoms with Gasteiger partial charge in [0, 0.05) is 33.9 Å². The van der Waals surface area contributed by atoms with E-state index in [2.05, 4.69) is 25.0 Å². The standard InChI is InChI=1S/C28H41F5N4O2Si/c1-40(2,3)14-13-39-17-37-22-15-19(25(18-6-7-18)36-23(38)10-12-28(31,32)33)8-9-21(22)35-26(37)24(34)20-5-4-11-27(29,30)16-20/h8-9,15,18,20,24-25H,4-7,10-14,16-17,34H2,1-3H3,(H,36,38)/t20-,24+,25-/m1/s1. The van der Waals surface area contributed by atoms with Crippen LogP contribution in [0, 0.1) is 11.8 Å². The predicted molar refractivity (Wildman–Crippen MR) is 147 cm³/mol. The molecule has 0 bridgehead atoms. The molecular weight excluding hydrogens is 547 g/mol. The van der Waals surface area contributed by atoms with Crippen LogP contribution in [0.15, 0.2) is 18.2 Å². The van der Waals surface area contributed by atoms with Crippen LogP contribution in [-0.2, 0) is 16.3 Å². The second-order valence-corrected chi connectivity index (χ2v) is 18.4. The molecule has 0 radical (unpaired) electrons. The smallest absolute Gasteiger partial charge is 0.361 e. The van der Waals surface area contributed by atoms with Gasteiger partial charge in [0.1, 0.15) is 12.6 Å². The van der Waals surface area contributed by atoms with Gasteiger partial charge in [-0.05, 0) is 61.3 Å². The fourth-order valence-corrected chi connectivity index (χ4v) is 6.16. The summed E-state index contributed by atoms with van der Waals surface area (Å²) in [7, 11) is -1.34. The number of nitrogens with one attached hydrogen (secondary N) is 1. The minimum Gasteiger partial charge on any atom is -0.361 e. The zero-order chi connectivity index (χ0) is 29.3. The summed E-state index contributed by atoms with van der Waals surface area (Å²) in [6, 6.07) is 5.33. The summed E-state index contributed by atoms with van der Waals surface area (Å²) < 4.78 is 74.3. The van der Waals surface area contributed by atoms with Crippen LogP contribution in [0.3, 0.4) is 0 Å². The molecule has 1 amide bonds. The van der Waals surface area contributed by atoms with E-state index in [1.165, 1.54) is 0 Å². The Morgan fingerprint density at radius 2 is 1.95 bits per heavy atom. The van der Waals surface area contributed by atoms with E-state index in [1.54, 1.807) is 6.07 Å². The van der Waals surface area contributed by atoms with E-state index < -0.39 is 56.9 Å². The molecule has 0 unspecified atom stereocenters. The molecule has 2 saturated carbocycles. The lowest BCUT2D eigenvalue weighted by Crippen LogP contribution is -2.34. The minimum atomic E-state index is -4.40. The zero-order valence-corrected chi connectivity index (χ0v) is 24.5. The number of hydrogen-bond donors (Lipinski definition) is 2. The lowest BCUT2D eigenvalue weighted by Gasteiger charge is -2.32. The van der Waals surface area contributed by atoms with E-state index in [9.17, 15) is 26.7 Å². The Kier molecular flexibility index (Phi) is 9.31. The fraction of sp³-hybridized carbons (Fsp3) is 0.714. The van der Waals surface area contributed by atoms with Crippen molar-refractivity contribution in [3.05, 3.63) is 29.6 Å². The van der Waals surface area contributed by atoms with Crippen LogP contribution in [0.4, 0.5) is 22.0 Å². The van der Waals surface area contributed by atoms with Crippen molar-refractivity contribution >= 4 is 25.0 Å². The second-order valence-electron chi connectivity index (χ2n) is 12.7. The molecular formula is C28H41F5N4O2Si. The van der Waals surface area contributed by atoms with Gasteiger partial charge < -0.3 is 20.4 Å². The highest BCUT2D eigenvalue weighted by Crippen LogP contribution is 2.43. The first kappa shape index (κ1) is 30.9. The number of alkyl halides is 5. The quantitative estimate of drug-likeness (QED) is 0.158. The van der Waals surface area contributed by atoms with Gasteiger partial charge in [0.2, 0.25) is 11.8 Å². The van der Waals surface area contributed by atoms with E-state index in [-0.39, 0.29) is 25.5 Å². The van der Waals surface area contributed by atoms with Gasteiger partial charge in [0.05, 0.1) is 29.5 Å². The molecule has 40 heavy (non-hydrogen) atoms. The average molecular weight is 589 g/mol. The molecule has 224 valence electrons. The van der Waals surface area contributed by atoms with Crippen molar-refractivity contribution in [2.45, 2.75) is 108 Å². The van der Waals surface area contributed by atoms with Crippen LogP contribution < -0.4 is 11.1 Å². The number of carbonyl (C=O) groups is 1. The largest absolute Gasteiger partial charge is 0.389 e. The average Bonchev–Trinajstić information content (AvgIpc) is 3.62. The SMILES string of the molecule is C[Si](C)(C)CCOCn1c([C@@H](N)[C@@H]2CCCC(F)(F)C2)nc2ccc([C@H](NC(=O)CCC(F)(F)F)C3CC3)cc21. The number of ether oxygens (including phenoxy) is 1. The third-order valence-electron chi connectivity index (χ3n) is 7.91. The molecule has 12 heteroatoms. The zero-order valence-electron chi connectivity index (χ0n) is 23.5. The van der Waals surface area contributed by atoms with Crippen molar-refractivity contribution in [1.82, 2.24) is 14.9 Å². The van der Waals surface area contributed by atoms with Gasteiger partial charge >= 0.3 is 6.18 Å². The third kappa shape index (κ3) is 8.48. The molecule has 2 aromatic rings. The number of hydrogen-bond acceptors (Lipinski definition) is 4. The Balaban J connectivity index is 1.62. The molecule has 1 aromatic carbocycles. The molecule has 0 saturated heterocycles. The molecule has 1 aromatic heterocycles. The van der Waals surface area contributed by atoms with Gasteiger partial charge in [-0.1, -0.05) is 25.7 Å². The van der Waals surface area contributed by atoms with E-state index in [1.807, 2.05) is 16.7 Å². The summed E-state index contributed by atoms with van der Waals surface area (Å²) in [5, 5.41) is 2.81. The van der Waals surface area contributed by atoms with Crippen LogP contribution >= 0.6 is 0 Å². The van der Waals surface area contributed by atoms with E-state index in [0.717, 1.165) is 24.4 Å². The van der Waals surface area contributed by atoms with Crippen molar-refractivity contribution in [1.29, 1.82) is 0 Å². The third-order valence-corrected chi connectivity index (χ3v) is 9.61. The first-order chi connectivity index (χ1) is 18.6.